The molecule has 0 aliphatic rings. The molecule has 2 aromatic rings. The number of likely N-dealkylation sites (N-methyl/N-ethyl adjacent to an activating group) is 1. The maximum absolute atomic E-state index is 4.19. The first-order valence-corrected chi connectivity index (χ1v) is 5.34. The molecule has 0 saturated carbocycles. The molecule has 0 bridgehead atoms. The minimum absolute atomic E-state index is 0.290. The van der Waals surface area contributed by atoms with Crippen LogP contribution in [0.25, 0.3) is 0 Å². The van der Waals surface area contributed by atoms with Gasteiger partial charge in [-0.15, -0.1) is 0 Å². The standard InChI is InChI=1S/C12H16N4/c1-13-12(11-8-15-16(2)9-11)6-10-4-3-5-14-7-10/h3-5,7-9,12-13H,6H2,1-2H3. The Bertz CT molecular complexity index is 435. The average molecular weight is 216 g/mol. The van der Waals surface area contributed by atoms with E-state index >= 15 is 0 Å². The smallest absolute Gasteiger partial charge is 0.0537 e. The van der Waals surface area contributed by atoms with Crippen LogP contribution in [0.1, 0.15) is 17.2 Å². The number of aryl methyl sites for hydroxylation is 1. The third kappa shape index (κ3) is 2.46. The van der Waals surface area contributed by atoms with Crippen LogP contribution < -0.4 is 5.32 Å². The summed E-state index contributed by atoms with van der Waals surface area (Å²) < 4.78 is 1.82. The second-order valence-electron chi connectivity index (χ2n) is 3.85. The van der Waals surface area contributed by atoms with Crippen molar-refractivity contribution >= 4 is 0 Å². The van der Waals surface area contributed by atoms with Gasteiger partial charge >= 0.3 is 0 Å². The molecule has 0 saturated heterocycles. The van der Waals surface area contributed by atoms with E-state index in [0.717, 1.165) is 6.42 Å². The molecule has 1 unspecified atom stereocenters. The Balaban J connectivity index is 2.12. The van der Waals surface area contributed by atoms with Crippen molar-refractivity contribution in [2.75, 3.05) is 7.05 Å². The highest BCUT2D eigenvalue weighted by Gasteiger charge is 2.11. The number of rotatable bonds is 4. The molecule has 1 atom stereocenters. The summed E-state index contributed by atoms with van der Waals surface area (Å²) in [5.74, 6) is 0. The van der Waals surface area contributed by atoms with E-state index in [2.05, 4.69) is 21.5 Å². The average Bonchev–Trinajstić information content (AvgIpc) is 2.74. The second-order valence-corrected chi connectivity index (χ2v) is 3.85. The van der Waals surface area contributed by atoms with Gasteiger partial charge in [0.05, 0.1) is 6.20 Å². The van der Waals surface area contributed by atoms with Crippen LogP contribution in [0.15, 0.2) is 36.9 Å². The number of aromatic nitrogens is 3. The minimum atomic E-state index is 0.290. The van der Waals surface area contributed by atoms with Gasteiger partial charge in [-0.3, -0.25) is 9.67 Å². The van der Waals surface area contributed by atoms with Crippen LogP contribution in [-0.2, 0) is 13.5 Å². The highest BCUT2D eigenvalue weighted by molar-refractivity contribution is 5.17. The van der Waals surface area contributed by atoms with E-state index in [1.165, 1.54) is 11.1 Å². The number of nitrogens with one attached hydrogen (secondary N) is 1. The molecular weight excluding hydrogens is 200 g/mol. The first kappa shape index (κ1) is 10.8. The number of pyridine rings is 1. The van der Waals surface area contributed by atoms with Crippen molar-refractivity contribution in [3.63, 3.8) is 0 Å². The lowest BCUT2D eigenvalue weighted by Gasteiger charge is -2.13. The summed E-state index contributed by atoms with van der Waals surface area (Å²) in [6, 6.07) is 4.34. The number of hydrogen-bond acceptors (Lipinski definition) is 3. The molecule has 2 heterocycles. The van der Waals surface area contributed by atoms with Gasteiger partial charge in [0.2, 0.25) is 0 Å². The van der Waals surface area contributed by atoms with Crippen LogP contribution in [0.2, 0.25) is 0 Å². The van der Waals surface area contributed by atoms with Crippen molar-refractivity contribution in [1.82, 2.24) is 20.1 Å². The predicted molar refractivity (Wildman–Crippen MR) is 62.9 cm³/mol. The number of nitrogens with zero attached hydrogens (tertiary/aromatic N) is 3. The third-order valence-corrected chi connectivity index (χ3v) is 2.64. The van der Waals surface area contributed by atoms with E-state index in [9.17, 15) is 0 Å². The first-order chi connectivity index (χ1) is 7.79. The lowest BCUT2D eigenvalue weighted by Crippen LogP contribution is -2.18. The van der Waals surface area contributed by atoms with Crippen LogP contribution in [0.4, 0.5) is 0 Å². The molecule has 84 valence electrons. The summed E-state index contributed by atoms with van der Waals surface area (Å²) in [7, 11) is 3.90. The number of hydrogen-bond donors (Lipinski definition) is 1. The third-order valence-electron chi connectivity index (χ3n) is 2.64. The van der Waals surface area contributed by atoms with Gasteiger partial charge in [0.15, 0.2) is 0 Å². The lowest BCUT2D eigenvalue weighted by molar-refractivity contribution is 0.590. The van der Waals surface area contributed by atoms with Crippen molar-refractivity contribution in [3.8, 4) is 0 Å². The fourth-order valence-corrected chi connectivity index (χ4v) is 1.76. The molecule has 0 radical (unpaired) electrons. The fraction of sp³-hybridized carbons (Fsp3) is 0.333. The maximum Gasteiger partial charge on any atom is 0.0537 e. The lowest BCUT2D eigenvalue weighted by atomic mass is 10.0. The van der Waals surface area contributed by atoms with Crippen molar-refractivity contribution in [2.24, 2.45) is 7.05 Å². The summed E-state index contributed by atoms with van der Waals surface area (Å²) in [5.41, 5.74) is 2.43. The molecule has 0 aromatic carbocycles. The zero-order chi connectivity index (χ0) is 11.4. The SMILES string of the molecule is CNC(Cc1cccnc1)c1cnn(C)c1. The van der Waals surface area contributed by atoms with E-state index in [0.29, 0.717) is 0 Å². The Morgan fingerprint density at radius 2 is 2.31 bits per heavy atom. The van der Waals surface area contributed by atoms with Gasteiger partial charge in [0.1, 0.15) is 0 Å². The van der Waals surface area contributed by atoms with Crippen LogP contribution in [0, 0.1) is 0 Å². The molecule has 0 fully saturated rings. The van der Waals surface area contributed by atoms with Crippen molar-refractivity contribution < 1.29 is 0 Å². The summed E-state index contributed by atoms with van der Waals surface area (Å²) in [4.78, 5) is 4.12. The molecular formula is C12H16N4. The van der Waals surface area contributed by atoms with Crippen molar-refractivity contribution in [3.05, 3.63) is 48.0 Å². The molecule has 0 spiro atoms. The zero-order valence-corrected chi connectivity index (χ0v) is 9.59. The first-order valence-electron chi connectivity index (χ1n) is 5.34. The van der Waals surface area contributed by atoms with Crippen LogP contribution in [-0.4, -0.2) is 21.8 Å². The monoisotopic (exact) mass is 216 g/mol. The quantitative estimate of drug-likeness (QED) is 0.838. The molecule has 16 heavy (non-hydrogen) atoms. The molecule has 0 aliphatic heterocycles. The summed E-state index contributed by atoms with van der Waals surface area (Å²) in [6.45, 7) is 0. The van der Waals surface area contributed by atoms with Gasteiger partial charge in [-0.05, 0) is 25.1 Å². The zero-order valence-electron chi connectivity index (χ0n) is 9.59. The Labute approximate surface area is 95.3 Å². The normalized spacial score (nSPS) is 12.6. The molecule has 1 N–H and O–H groups in total. The van der Waals surface area contributed by atoms with Crippen molar-refractivity contribution in [2.45, 2.75) is 12.5 Å². The van der Waals surface area contributed by atoms with E-state index in [4.69, 9.17) is 0 Å². The maximum atomic E-state index is 4.19. The fourth-order valence-electron chi connectivity index (χ4n) is 1.76. The van der Waals surface area contributed by atoms with Gasteiger partial charge in [0, 0.05) is 37.2 Å². The summed E-state index contributed by atoms with van der Waals surface area (Å²) >= 11 is 0. The van der Waals surface area contributed by atoms with Crippen LogP contribution in [0.5, 0.6) is 0 Å². The largest absolute Gasteiger partial charge is 0.313 e. The Hall–Kier alpha value is -1.68. The van der Waals surface area contributed by atoms with E-state index in [1.807, 2.05) is 43.4 Å². The van der Waals surface area contributed by atoms with E-state index in [-0.39, 0.29) is 6.04 Å². The Kier molecular flexibility index (Phi) is 3.31. The molecule has 0 aliphatic carbocycles. The molecule has 2 rings (SSSR count). The Morgan fingerprint density at radius 3 is 2.88 bits per heavy atom. The topological polar surface area (TPSA) is 42.7 Å². The Morgan fingerprint density at radius 1 is 1.44 bits per heavy atom. The highest BCUT2D eigenvalue weighted by atomic mass is 15.2. The van der Waals surface area contributed by atoms with Gasteiger partial charge in [-0.25, -0.2) is 0 Å². The molecule has 4 nitrogen and oxygen atoms in total. The van der Waals surface area contributed by atoms with Crippen LogP contribution in [0.3, 0.4) is 0 Å². The van der Waals surface area contributed by atoms with Gasteiger partial charge in [-0.1, -0.05) is 6.07 Å². The van der Waals surface area contributed by atoms with Gasteiger partial charge < -0.3 is 5.32 Å². The molecule has 0 amide bonds. The summed E-state index contributed by atoms with van der Waals surface area (Å²) in [5, 5.41) is 7.49. The summed E-state index contributed by atoms with van der Waals surface area (Å²) in [6.07, 6.45) is 8.56. The van der Waals surface area contributed by atoms with E-state index < -0.39 is 0 Å². The molecule has 2 aromatic heterocycles. The molecule has 4 heteroatoms. The second kappa shape index (κ2) is 4.90. The van der Waals surface area contributed by atoms with Gasteiger partial charge in [0.25, 0.3) is 0 Å². The van der Waals surface area contributed by atoms with Gasteiger partial charge in [-0.2, -0.15) is 5.10 Å². The predicted octanol–water partition coefficient (Wildman–Crippen LogP) is 1.32. The van der Waals surface area contributed by atoms with E-state index in [1.54, 1.807) is 6.20 Å². The van der Waals surface area contributed by atoms with Crippen LogP contribution >= 0.6 is 0 Å². The highest BCUT2D eigenvalue weighted by Crippen LogP contribution is 2.16. The van der Waals surface area contributed by atoms with Crippen molar-refractivity contribution in [1.29, 1.82) is 0 Å². The minimum Gasteiger partial charge on any atom is -0.313 e.